The Labute approximate surface area is 119 Å². The van der Waals surface area contributed by atoms with Gasteiger partial charge in [0.05, 0.1) is 0 Å². The Kier molecular flexibility index (Phi) is 2.81. The lowest BCUT2D eigenvalue weighted by atomic mass is 9.58. The molecule has 1 saturated carbocycles. The minimum Gasteiger partial charge on any atom is -0.368 e. The van der Waals surface area contributed by atoms with Gasteiger partial charge in [0.15, 0.2) is 18.2 Å². The van der Waals surface area contributed by atoms with Crippen LogP contribution in [0.2, 0.25) is 0 Å². The molecule has 0 aromatic rings. The first-order valence-corrected chi connectivity index (χ1v) is 7.84. The van der Waals surface area contributed by atoms with Crippen LogP contribution in [-0.4, -0.2) is 29.1 Å². The van der Waals surface area contributed by atoms with Crippen molar-refractivity contribution in [3.8, 4) is 0 Å². The van der Waals surface area contributed by atoms with Crippen molar-refractivity contribution in [2.75, 3.05) is 0 Å². The van der Waals surface area contributed by atoms with E-state index in [1.807, 2.05) is 13.8 Å². The maximum atomic E-state index is 10.2. The second-order valence-corrected chi connectivity index (χ2v) is 7.30. The summed E-state index contributed by atoms with van der Waals surface area (Å²) in [4.78, 5) is 11.6. The van der Waals surface area contributed by atoms with Crippen molar-refractivity contribution < 1.29 is 24.4 Å². The molecule has 0 radical (unpaired) electrons. The first kappa shape index (κ1) is 13.5. The largest absolute Gasteiger partial charge is 0.368 e. The summed E-state index contributed by atoms with van der Waals surface area (Å²) >= 11 is 0. The molecule has 114 valence electrons. The smallest absolute Gasteiger partial charge is 0.201 e. The van der Waals surface area contributed by atoms with Crippen molar-refractivity contribution >= 4 is 0 Å². The van der Waals surface area contributed by atoms with E-state index >= 15 is 0 Å². The number of fused-ring (bicyclic) bond motifs is 2. The van der Waals surface area contributed by atoms with Crippen molar-refractivity contribution in [1.29, 1.82) is 0 Å². The molecule has 1 aliphatic carbocycles. The van der Waals surface area contributed by atoms with E-state index in [1.165, 1.54) is 6.42 Å². The van der Waals surface area contributed by atoms with Gasteiger partial charge in [0.2, 0.25) is 5.79 Å². The highest BCUT2D eigenvalue weighted by atomic mass is 17.3. The predicted octanol–water partition coefficient (Wildman–Crippen LogP) is 2.19. The van der Waals surface area contributed by atoms with E-state index in [2.05, 4.69) is 6.92 Å². The molecular formula is C15H24O5. The third kappa shape index (κ3) is 1.56. The van der Waals surface area contributed by atoms with Crippen molar-refractivity contribution in [2.45, 2.75) is 70.4 Å². The van der Waals surface area contributed by atoms with Crippen molar-refractivity contribution in [3.63, 3.8) is 0 Å². The van der Waals surface area contributed by atoms with Gasteiger partial charge in [-0.3, -0.25) is 0 Å². The molecule has 0 amide bonds. The number of aliphatic hydroxyl groups is 1. The fourth-order valence-corrected chi connectivity index (χ4v) is 4.89. The van der Waals surface area contributed by atoms with Crippen molar-refractivity contribution in [3.05, 3.63) is 0 Å². The van der Waals surface area contributed by atoms with Crippen LogP contribution in [0.1, 0.15) is 46.5 Å². The van der Waals surface area contributed by atoms with Gasteiger partial charge < -0.3 is 14.6 Å². The van der Waals surface area contributed by atoms with E-state index in [9.17, 15) is 5.11 Å². The summed E-state index contributed by atoms with van der Waals surface area (Å²) in [6, 6.07) is 0. The van der Waals surface area contributed by atoms with Gasteiger partial charge in [0.25, 0.3) is 0 Å². The molecule has 4 heterocycles. The number of rotatable bonds is 0. The number of aliphatic hydroxyl groups excluding tert-OH is 1. The molecule has 1 unspecified atom stereocenters. The Balaban J connectivity index is 1.82. The normalized spacial score (nSPS) is 61.8. The van der Waals surface area contributed by atoms with E-state index in [0.717, 1.165) is 19.3 Å². The van der Waals surface area contributed by atoms with Crippen LogP contribution in [0.5, 0.6) is 0 Å². The summed E-state index contributed by atoms with van der Waals surface area (Å²) in [6.07, 6.45) is 2.72. The van der Waals surface area contributed by atoms with Crippen LogP contribution in [0.25, 0.3) is 0 Å². The summed E-state index contributed by atoms with van der Waals surface area (Å²) in [5, 5.41) is 10.2. The summed E-state index contributed by atoms with van der Waals surface area (Å²) in [5.41, 5.74) is -0.549. The summed E-state index contributed by atoms with van der Waals surface area (Å²) in [7, 11) is 0. The van der Waals surface area contributed by atoms with E-state index in [-0.39, 0.29) is 11.8 Å². The quantitative estimate of drug-likeness (QED) is 0.691. The molecule has 5 heteroatoms. The molecule has 8 atom stereocenters. The third-order valence-electron chi connectivity index (χ3n) is 6.12. The molecule has 5 rings (SSSR count). The number of hydrogen-bond donors (Lipinski definition) is 1. The van der Waals surface area contributed by atoms with Crippen LogP contribution in [0.3, 0.4) is 0 Å². The van der Waals surface area contributed by atoms with Gasteiger partial charge in [-0.25, -0.2) is 9.78 Å². The first-order valence-electron chi connectivity index (χ1n) is 7.84. The third-order valence-corrected chi connectivity index (χ3v) is 6.12. The highest BCUT2D eigenvalue weighted by Crippen LogP contribution is 2.60. The van der Waals surface area contributed by atoms with Gasteiger partial charge >= 0.3 is 0 Å². The van der Waals surface area contributed by atoms with Gasteiger partial charge in [-0.05, 0) is 38.0 Å². The highest BCUT2D eigenvalue weighted by molar-refractivity contribution is 5.08. The summed E-state index contributed by atoms with van der Waals surface area (Å²) in [5.74, 6) is 0.437. The standard InChI is InChI=1S/C15H24O5/c1-8-4-5-11-9(2)12(16)17-13-15(11)10(8)6-7-14(3,18-13)19-20-15/h8-13,16H,4-7H2,1-3H3/t8-,9-,10+,11+,12+,13-,14-,15?/m1/s1. The second kappa shape index (κ2) is 4.17. The van der Waals surface area contributed by atoms with Gasteiger partial charge in [-0.15, -0.1) is 0 Å². The lowest BCUT2D eigenvalue weighted by molar-refractivity contribution is -0.576. The molecule has 5 aliphatic rings. The summed E-state index contributed by atoms with van der Waals surface area (Å²) < 4.78 is 11.9. The van der Waals surface area contributed by atoms with Crippen LogP contribution in [0.15, 0.2) is 0 Å². The van der Waals surface area contributed by atoms with Crippen LogP contribution in [0, 0.1) is 23.7 Å². The monoisotopic (exact) mass is 284 g/mol. The van der Waals surface area contributed by atoms with Gasteiger partial charge in [0, 0.05) is 18.3 Å². The average Bonchev–Trinajstić information content (AvgIpc) is 2.63. The van der Waals surface area contributed by atoms with Crippen molar-refractivity contribution in [1.82, 2.24) is 0 Å². The van der Waals surface area contributed by atoms with E-state index in [4.69, 9.17) is 19.2 Å². The minimum absolute atomic E-state index is 0.0379. The molecule has 1 spiro atoms. The Hall–Kier alpha value is -0.200. The zero-order chi connectivity index (χ0) is 14.1. The van der Waals surface area contributed by atoms with Crippen LogP contribution < -0.4 is 0 Å². The van der Waals surface area contributed by atoms with E-state index in [0.29, 0.717) is 11.8 Å². The molecule has 4 aliphatic heterocycles. The molecule has 0 aromatic carbocycles. The van der Waals surface area contributed by atoms with Crippen molar-refractivity contribution in [2.24, 2.45) is 23.7 Å². The van der Waals surface area contributed by atoms with Crippen LogP contribution in [0.4, 0.5) is 0 Å². The van der Waals surface area contributed by atoms with Crippen LogP contribution in [-0.2, 0) is 19.2 Å². The fraction of sp³-hybridized carbons (Fsp3) is 1.00. The SMILES string of the molecule is C[C@H]1[C@@H](O)O[C@@H]2O[C@@]3(C)CC[C@H]4[C@H](C)CC[C@@H]1C24OO3. The topological polar surface area (TPSA) is 57.2 Å². The van der Waals surface area contributed by atoms with E-state index in [1.54, 1.807) is 0 Å². The zero-order valence-electron chi connectivity index (χ0n) is 12.4. The van der Waals surface area contributed by atoms with Gasteiger partial charge in [0.1, 0.15) is 0 Å². The zero-order valence-corrected chi connectivity index (χ0v) is 12.4. The Bertz CT molecular complexity index is 411. The average molecular weight is 284 g/mol. The maximum Gasteiger partial charge on any atom is 0.201 e. The molecule has 5 nitrogen and oxygen atoms in total. The van der Waals surface area contributed by atoms with E-state index < -0.39 is 24.0 Å². The molecule has 5 fully saturated rings. The number of ether oxygens (including phenoxy) is 2. The lowest BCUT2D eigenvalue weighted by Gasteiger charge is -2.59. The first-order chi connectivity index (χ1) is 9.46. The maximum absolute atomic E-state index is 10.2. The second-order valence-electron chi connectivity index (χ2n) is 7.30. The lowest BCUT2D eigenvalue weighted by Crippen LogP contribution is -2.70. The molecule has 0 aromatic heterocycles. The summed E-state index contributed by atoms with van der Waals surface area (Å²) in [6.45, 7) is 6.22. The molecule has 2 bridgehead atoms. The molecule has 20 heavy (non-hydrogen) atoms. The fourth-order valence-electron chi connectivity index (χ4n) is 4.89. The number of hydrogen-bond acceptors (Lipinski definition) is 5. The Morgan fingerprint density at radius 3 is 2.65 bits per heavy atom. The Morgan fingerprint density at radius 1 is 1.05 bits per heavy atom. The van der Waals surface area contributed by atoms with Gasteiger partial charge in [-0.1, -0.05) is 13.8 Å². The minimum atomic E-state index is -0.781. The predicted molar refractivity (Wildman–Crippen MR) is 69.0 cm³/mol. The van der Waals surface area contributed by atoms with Gasteiger partial charge in [-0.2, -0.15) is 0 Å². The Morgan fingerprint density at radius 2 is 1.85 bits per heavy atom. The van der Waals surface area contributed by atoms with Crippen LogP contribution >= 0.6 is 0 Å². The highest BCUT2D eigenvalue weighted by Gasteiger charge is 2.69. The molecule has 1 N–H and O–H groups in total. The molecule has 4 saturated heterocycles. The molecular weight excluding hydrogens is 260 g/mol.